The van der Waals surface area contributed by atoms with Crippen LogP contribution >= 0.6 is 0 Å². The minimum absolute atomic E-state index is 0.0278. The van der Waals surface area contributed by atoms with E-state index in [9.17, 15) is 18.8 Å². The van der Waals surface area contributed by atoms with E-state index < -0.39 is 11.6 Å². The number of rotatable bonds is 7. The van der Waals surface area contributed by atoms with Gasteiger partial charge in [0.2, 0.25) is 5.91 Å². The summed E-state index contributed by atoms with van der Waals surface area (Å²) in [6, 6.07) is 17.8. The van der Waals surface area contributed by atoms with E-state index in [-0.39, 0.29) is 33.9 Å². The van der Waals surface area contributed by atoms with Gasteiger partial charge in [-0.05, 0) is 99.3 Å². The average Bonchev–Trinajstić information content (AvgIpc) is 3.29. The van der Waals surface area contributed by atoms with Crippen LogP contribution in [0.3, 0.4) is 0 Å². The quantitative estimate of drug-likeness (QED) is 0.328. The Bertz CT molecular complexity index is 1520. The third-order valence-corrected chi connectivity index (χ3v) is 8.04. The molecule has 0 bridgehead atoms. The number of ketones is 1. The predicted molar refractivity (Wildman–Crippen MR) is 158 cm³/mol. The monoisotopic (exact) mass is 554 g/mol. The molecule has 1 atom stereocenters. The second-order valence-corrected chi connectivity index (χ2v) is 11.2. The van der Waals surface area contributed by atoms with Crippen molar-refractivity contribution in [2.45, 2.75) is 25.7 Å². The number of benzene rings is 3. The summed E-state index contributed by atoms with van der Waals surface area (Å²) in [6.45, 7) is 1.78. The van der Waals surface area contributed by atoms with Crippen LogP contribution in [-0.2, 0) is 11.2 Å². The molecule has 3 N–H and O–H groups in total. The first-order chi connectivity index (χ1) is 19.7. The van der Waals surface area contributed by atoms with Crippen molar-refractivity contribution in [1.82, 2.24) is 10.2 Å². The van der Waals surface area contributed by atoms with Gasteiger partial charge in [0.1, 0.15) is 5.82 Å². The number of carbonyl (C=O) groups is 3. The summed E-state index contributed by atoms with van der Waals surface area (Å²) in [7, 11) is 3.94. The molecule has 0 saturated heterocycles. The van der Waals surface area contributed by atoms with E-state index in [1.807, 2.05) is 43.3 Å². The topological polar surface area (TPSA) is 95.7 Å². The molecular weight excluding hydrogens is 519 g/mol. The first kappa shape index (κ1) is 28.2. The number of para-hydroxylation sites is 1. The van der Waals surface area contributed by atoms with Gasteiger partial charge < -0.3 is 20.9 Å². The normalized spacial score (nSPS) is 18.1. The van der Waals surface area contributed by atoms with Crippen LogP contribution in [0.5, 0.6) is 0 Å². The van der Waals surface area contributed by atoms with E-state index in [0.29, 0.717) is 38.0 Å². The van der Waals surface area contributed by atoms with Gasteiger partial charge in [-0.1, -0.05) is 24.3 Å². The Balaban J connectivity index is 1.44. The summed E-state index contributed by atoms with van der Waals surface area (Å²) in [4.78, 5) is 44.3. The maximum atomic E-state index is 14.2. The molecule has 2 amide bonds. The van der Waals surface area contributed by atoms with E-state index in [0.717, 1.165) is 29.8 Å². The maximum Gasteiger partial charge on any atom is 0.259 e. The molecule has 1 aliphatic heterocycles. The number of likely N-dealkylation sites (N-methyl/N-ethyl adjacent to an activating group) is 1. The van der Waals surface area contributed by atoms with Crippen LogP contribution in [0.1, 0.15) is 51.1 Å². The Morgan fingerprint density at radius 3 is 2.51 bits per heavy atom. The molecule has 212 valence electrons. The Hall–Kier alpha value is -4.30. The smallest absolute Gasteiger partial charge is 0.259 e. The van der Waals surface area contributed by atoms with Crippen molar-refractivity contribution in [2.24, 2.45) is 5.41 Å². The Labute approximate surface area is 239 Å². The summed E-state index contributed by atoms with van der Waals surface area (Å²) < 4.78 is 13.5. The summed E-state index contributed by atoms with van der Waals surface area (Å²) in [5.74, 6) is -1.18. The number of fused-ring (bicyclic) bond motifs is 1. The van der Waals surface area contributed by atoms with Crippen molar-refractivity contribution < 1.29 is 18.8 Å². The summed E-state index contributed by atoms with van der Waals surface area (Å²) in [5.41, 5.74) is 9.44. The van der Waals surface area contributed by atoms with Gasteiger partial charge in [0.25, 0.3) is 5.91 Å². The fraction of sp³-hybridized carbons (Fsp3) is 0.303. The molecule has 3 aromatic rings. The molecule has 0 aromatic heterocycles. The van der Waals surface area contributed by atoms with E-state index in [1.165, 1.54) is 30.3 Å². The Morgan fingerprint density at radius 2 is 1.76 bits per heavy atom. The largest absolute Gasteiger partial charge is 0.399 e. The van der Waals surface area contributed by atoms with Crippen LogP contribution in [0, 0.1) is 11.2 Å². The molecule has 1 heterocycles. The van der Waals surface area contributed by atoms with E-state index in [1.54, 1.807) is 17.0 Å². The number of halogens is 1. The summed E-state index contributed by atoms with van der Waals surface area (Å²) in [6.07, 6.45) is 5.03. The second-order valence-electron chi connectivity index (χ2n) is 11.2. The van der Waals surface area contributed by atoms with Gasteiger partial charge in [0.15, 0.2) is 5.78 Å². The summed E-state index contributed by atoms with van der Waals surface area (Å²) in [5, 5.41) is 3.02. The molecule has 7 nitrogen and oxygen atoms in total. The number of nitrogens with one attached hydrogen (secondary N) is 1. The number of amides is 2. The maximum absolute atomic E-state index is 14.2. The standard InChI is InChI=1S/C33H35FN4O3/c1-37(2)18-16-36-31(40)24-13-14-33(21-24)15-17-38(29-6-4-3-5-23(29)20-33)32(41)27-12-11-26(35)19-28(27)30(39)22-7-9-25(34)10-8-22/h3-12,19,21H,13-18,20,35H2,1-2H3,(H,36,40). The molecule has 1 spiro atoms. The van der Waals surface area contributed by atoms with Crippen molar-refractivity contribution in [1.29, 1.82) is 0 Å². The minimum atomic E-state index is -0.448. The molecule has 2 aliphatic rings. The van der Waals surface area contributed by atoms with Crippen molar-refractivity contribution in [3.8, 4) is 0 Å². The van der Waals surface area contributed by atoms with Gasteiger partial charge in [0.05, 0.1) is 5.56 Å². The lowest BCUT2D eigenvalue weighted by atomic mass is 9.79. The van der Waals surface area contributed by atoms with E-state index in [2.05, 4.69) is 11.4 Å². The number of nitrogens with zero attached hydrogens (tertiary/aromatic N) is 2. The zero-order valence-electron chi connectivity index (χ0n) is 23.5. The molecule has 0 saturated carbocycles. The van der Waals surface area contributed by atoms with Crippen LogP contribution in [0.2, 0.25) is 0 Å². The Morgan fingerprint density at radius 1 is 1.00 bits per heavy atom. The van der Waals surface area contributed by atoms with E-state index >= 15 is 0 Å². The molecule has 0 radical (unpaired) electrons. The SMILES string of the molecule is CN(C)CCNC(=O)C1=CC2(CC1)CCN(C(=O)c1ccc(N)cc1C(=O)c1ccc(F)cc1)c1ccccc1C2. The molecule has 5 rings (SSSR count). The van der Waals surface area contributed by atoms with Gasteiger partial charge in [0, 0.05) is 47.7 Å². The third-order valence-electron chi connectivity index (χ3n) is 8.04. The van der Waals surface area contributed by atoms with Crippen LogP contribution in [0.4, 0.5) is 15.8 Å². The lowest BCUT2D eigenvalue weighted by Crippen LogP contribution is -2.34. The minimum Gasteiger partial charge on any atom is -0.399 e. The molecule has 41 heavy (non-hydrogen) atoms. The van der Waals surface area contributed by atoms with Gasteiger partial charge in [-0.3, -0.25) is 14.4 Å². The number of hydrogen-bond donors (Lipinski definition) is 2. The number of nitrogens with two attached hydrogens (primary N) is 1. The van der Waals surface area contributed by atoms with Gasteiger partial charge in [-0.15, -0.1) is 0 Å². The zero-order chi connectivity index (χ0) is 29.1. The van der Waals surface area contributed by atoms with Crippen LogP contribution in [0.25, 0.3) is 0 Å². The van der Waals surface area contributed by atoms with Gasteiger partial charge >= 0.3 is 0 Å². The number of nitrogen functional groups attached to an aromatic ring is 1. The highest BCUT2D eigenvalue weighted by atomic mass is 19.1. The molecular formula is C33H35FN4O3. The van der Waals surface area contributed by atoms with Crippen LogP contribution in [-0.4, -0.2) is 56.2 Å². The molecule has 1 aliphatic carbocycles. The zero-order valence-corrected chi connectivity index (χ0v) is 23.5. The molecule has 1 unspecified atom stereocenters. The number of allylic oxidation sites excluding steroid dienone is 1. The third kappa shape index (κ3) is 6.07. The highest BCUT2D eigenvalue weighted by Gasteiger charge is 2.39. The van der Waals surface area contributed by atoms with Gasteiger partial charge in [-0.2, -0.15) is 0 Å². The lowest BCUT2D eigenvalue weighted by Gasteiger charge is -2.26. The first-order valence-electron chi connectivity index (χ1n) is 13.9. The summed E-state index contributed by atoms with van der Waals surface area (Å²) >= 11 is 0. The fourth-order valence-corrected chi connectivity index (χ4v) is 5.82. The first-order valence-corrected chi connectivity index (χ1v) is 13.9. The van der Waals surface area contributed by atoms with Crippen molar-refractivity contribution in [3.05, 3.63) is 106 Å². The van der Waals surface area contributed by atoms with Crippen LogP contribution < -0.4 is 16.0 Å². The second kappa shape index (κ2) is 11.7. The molecule has 8 heteroatoms. The lowest BCUT2D eigenvalue weighted by molar-refractivity contribution is -0.117. The van der Waals surface area contributed by atoms with Crippen molar-refractivity contribution >= 4 is 29.0 Å². The van der Waals surface area contributed by atoms with Gasteiger partial charge in [-0.25, -0.2) is 4.39 Å². The Kier molecular flexibility index (Phi) is 8.03. The van der Waals surface area contributed by atoms with E-state index in [4.69, 9.17) is 5.73 Å². The molecule has 0 fully saturated rings. The highest BCUT2D eigenvalue weighted by molar-refractivity contribution is 6.18. The predicted octanol–water partition coefficient (Wildman–Crippen LogP) is 4.62. The number of hydrogen-bond acceptors (Lipinski definition) is 5. The average molecular weight is 555 g/mol. The number of carbonyl (C=O) groups excluding carboxylic acids is 3. The van der Waals surface area contributed by atoms with Crippen molar-refractivity contribution in [3.63, 3.8) is 0 Å². The van der Waals surface area contributed by atoms with Crippen LogP contribution in [0.15, 0.2) is 78.4 Å². The fourth-order valence-electron chi connectivity index (χ4n) is 5.82. The molecule has 3 aromatic carbocycles. The number of anilines is 2. The van der Waals surface area contributed by atoms with Crippen molar-refractivity contribution in [2.75, 3.05) is 44.4 Å². The highest BCUT2D eigenvalue weighted by Crippen LogP contribution is 2.46.